The van der Waals surface area contributed by atoms with Gasteiger partial charge >= 0.3 is 0 Å². The van der Waals surface area contributed by atoms with E-state index in [9.17, 15) is 4.79 Å². The smallest absolute Gasteiger partial charge is 0.252 e. The van der Waals surface area contributed by atoms with Crippen molar-refractivity contribution in [2.75, 3.05) is 18.4 Å². The molecule has 0 aliphatic heterocycles. The van der Waals surface area contributed by atoms with Gasteiger partial charge in [0.05, 0.1) is 5.56 Å². The van der Waals surface area contributed by atoms with Crippen molar-refractivity contribution in [3.8, 4) is 0 Å². The Labute approximate surface area is 111 Å². The summed E-state index contributed by atoms with van der Waals surface area (Å²) in [6.45, 7) is 2.94. The molecule has 98 valence electrons. The van der Waals surface area contributed by atoms with Crippen molar-refractivity contribution in [3.63, 3.8) is 0 Å². The van der Waals surface area contributed by atoms with E-state index in [2.05, 4.69) is 25.6 Å². The molecule has 0 aromatic carbocycles. The molecule has 2 N–H and O–H groups in total. The van der Waals surface area contributed by atoms with Crippen molar-refractivity contribution < 1.29 is 4.79 Å². The van der Waals surface area contributed by atoms with Crippen LogP contribution in [-0.4, -0.2) is 33.9 Å². The summed E-state index contributed by atoms with van der Waals surface area (Å²) in [5, 5.41) is 5.80. The van der Waals surface area contributed by atoms with Crippen LogP contribution in [0.25, 0.3) is 0 Å². The predicted molar refractivity (Wildman–Crippen MR) is 71.8 cm³/mol. The van der Waals surface area contributed by atoms with Crippen molar-refractivity contribution in [1.82, 2.24) is 20.3 Å². The van der Waals surface area contributed by atoms with Gasteiger partial charge in [-0.2, -0.15) is 0 Å². The number of hydrogen-bond acceptors (Lipinski definition) is 5. The molecule has 0 saturated carbocycles. The second-order valence-electron chi connectivity index (χ2n) is 3.94. The number of nitrogens with one attached hydrogen (secondary N) is 2. The summed E-state index contributed by atoms with van der Waals surface area (Å²) < 4.78 is 0. The Morgan fingerprint density at radius 1 is 1.16 bits per heavy atom. The van der Waals surface area contributed by atoms with Crippen molar-refractivity contribution in [2.45, 2.75) is 6.92 Å². The van der Waals surface area contributed by atoms with Gasteiger partial charge in [0.1, 0.15) is 0 Å². The predicted octanol–water partition coefficient (Wildman–Crippen LogP) is 1.02. The molecule has 6 heteroatoms. The van der Waals surface area contributed by atoms with Crippen LogP contribution in [0.5, 0.6) is 0 Å². The lowest BCUT2D eigenvalue weighted by Gasteiger charge is -2.06. The van der Waals surface area contributed by atoms with E-state index in [4.69, 9.17) is 0 Å². The molecule has 0 radical (unpaired) electrons. The molecule has 0 saturated heterocycles. The third-order valence-corrected chi connectivity index (χ3v) is 2.43. The number of nitrogens with zero attached hydrogens (tertiary/aromatic N) is 3. The molecule has 2 heterocycles. The lowest BCUT2D eigenvalue weighted by atomic mass is 10.2. The number of rotatable bonds is 5. The van der Waals surface area contributed by atoms with Crippen LogP contribution in [0.15, 0.2) is 36.8 Å². The van der Waals surface area contributed by atoms with E-state index < -0.39 is 0 Å². The van der Waals surface area contributed by atoms with Crippen LogP contribution in [0.3, 0.4) is 0 Å². The first-order valence-electron chi connectivity index (χ1n) is 5.97. The number of amides is 1. The highest BCUT2D eigenvalue weighted by atomic mass is 16.1. The van der Waals surface area contributed by atoms with Gasteiger partial charge in [-0.1, -0.05) is 0 Å². The van der Waals surface area contributed by atoms with Crippen LogP contribution in [-0.2, 0) is 0 Å². The van der Waals surface area contributed by atoms with Gasteiger partial charge in [-0.25, -0.2) is 9.97 Å². The van der Waals surface area contributed by atoms with Crippen LogP contribution in [0, 0.1) is 6.92 Å². The van der Waals surface area contributed by atoms with Crippen LogP contribution in [0.4, 0.5) is 5.95 Å². The zero-order valence-corrected chi connectivity index (χ0v) is 10.6. The van der Waals surface area contributed by atoms with Crippen LogP contribution >= 0.6 is 0 Å². The summed E-state index contributed by atoms with van der Waals surface area (Å²) in [4.78, 5) is 23.9. The number of hydrogen-bond donors (Lipinski definition) is 2. The fourth-order valence-electron chi connectivity index (χ4n) is 1.44. The second-order valence-corrected chi connectivity index (χ2v) is 3.94. The van der Waals surface area contributed by atoms with Gasteiger partial charge in [-0.15, -0.1) is 0 Å². The number of carbonyl (C=O) groups is 1. The molecule has 0 unspecified atom stereocenters. The van der Waals surface area contributed by atoms with Gasteiger partial charge in [0, 0.05) is 37.4 Å². The summed E-state index contributed by atoms with van der Waals surface area (Å²) in [6.07, 6.45) is 4.89. The highest BCUT2D eigenvalue weighted by Gasteiger charge is 2.04. The molecule has 19 heavy (non-hydrogen) atoms. The third-order valence-electron chi connectivity index (χ3n) is 2.43. The normalized spacial score (nSPS) is 9.95. The average molecular weight is 257 g/mol. The van der Waals surface area contributed by atoms with Crippen molar-refractivity contribution in [1.29, 1.82) is 0 Å². The minimum absolute atomic E-state index is 0.136. The molecular weight excluding hydrogens is 242 g/mol. The van der Waals surface area contributed by atoms with Crippen molar-refractivity contribution in [2.24, 2.45) is 0 Å². The zero-order valence-electron chi connectivity index (χ0n) is 10.6. The van der Waals surface area contributed by atoms with Gasteiger partial charge in [0.25, 0.3) is 5.91 Å². The molecule has 2 aromatic rings. The molecule has 0 fully saturated rings. The van der Waals surface area contributed by atoms with Gasteiger partial charge in [0.15, 0.2) is 0 Å². The van der Waals surface area contributed by atoms with E-state index in [1.807, 2.05) is 13.0 Å². The summed E-state index contributed by atoms with van der Waals surface area (Å²) >= 11 is 0. The van der Waals surface area contributed by atoms with E-state index in [1.165, 1.54) is 0 Å². The standard InChI is InChI=1S/C13H15N5O/c1-10-3-4-11(9-18-10)12(19)14-7-8-17-13-15-5-2-6-16-13/h2-6,9H,7-8H2,1H3,(H,14,19)(H,15,16,17). The lowest BCUT2D eigenvalue weighted by Crippen LogP contribution is -2.29. The number of pyridine rings is 1. The van der Waals surface area contributed by atoms with E-state index >= 15 is 0 Å². The molecular formula is C13H15N5O. The molecule has 0 aliphatic rings. The fraction of sp³-hybridized carbons (Fsp3) is 0.231. The highest BCUT2D eigenvalue weighted by molar-refractivity contribution is 5.93. The molecule has 0 bridgehead atoms. The second kappa shape index (κ2) is 6.44. The zero-order chi connectivity index (χ0) is 13.5. The maximum atomic E-state index is 11.8. The molecule has 6 nitrogen and oxygen atoms in total. The summed E-state index contributed by atoms with van der Waals surface area (Å²) in [6, 6.07) is 5.31. The summed E-state index contributed by atoms with van der Waals surface area (Å²) in [5.41, 5.74) is 1.45. The monoisotopic (exact) mass is 257 g/mol. The Kier molecular flexibility index (Phi) is 4.39. The van der Waals surface area contributed by atoms with Gasteiger partial charge < -0.3 is 10.6 Å². The Morgan fingerprint density at radius 3 is 2.63 bits per heavy atom. The maximum Gasteiger partial charge on any atom is 0.252 e. The van der Waals surface area contributed by atoms with Crippen molar-refractivity contribution >= 4 is 11.9 Å². The highest BCUT2D eigenvalue weighted by Crippen LogP contribution is 1.98. The minimum Gasteiger partial charge on any atom is -0.352 e. The maximum absolute atomic E-state index is 11.8. The minimum atomic E-state index is -0.136. The number of anilines is 1. The molecule has 0 atom stereocenters. The number of carbonyl (C=O) groups excluding carboxylic acids is 1. The Balaban J connectivity index is 1.74. The average Bonchev–Trinajstić information content (AvgIpc) is 2.45. The first kappa shape index (κ1) is 12.9. The molecule has 2 rings (SSSR count). The molecule has 0 aliphatic carbocycles. The van der Waals surface area contributed by atoms with E-state index in [0.717, 1.165) is 5.69 Å². The van der Waals surface area contributed by atoms with E-state index in [1.54, 1.807) is 30.7 Å². The Hall–Kier alpha value is -2.50. The van der Waals surface area contributed by atoms with Gasteiger partial charge in [0.2, 0.25) is 5.95 Å². The first-order valence-corrected chi connectivity index (χ1v) is 5.97. The molecule has 0 spiro atoms. The van der Waals surface area contributed by atoms with E-state index in [-0.39, 0.29) is 5.91 Å². The largest absolute Gasteiger partial charge is 0.352 e. The first-order chi connectivity index (χ1) is 9.25. The Bertz CT molecular complexity index is 526. The fourth-order valence-corrected chi connectivity index (χ4v) is 1.44. The summed E-state index contributed by atoms with van der Waals surface area (Å²) in [7, 11) is 0. The lowest BCUT2D eigenvalue weighted by molar-refractivity contribution is 0.0955. The third kappa shape index (κ3) is 4.02. The van der Waals surface area contributed by atoms with Crippen LogP contribution in [0.1, 0.15) is 16.1 Å². The van der Waals surface area contributed by atoms with Crippen LogP contribution < -0.4 is 10.6 Å². The SMILES string of the molecule is Cc1ccc(C(=O)NCCNc2ncccn2)cn1. The van der Waals surface area contributed by atoms with Crippen molar-refractivity contribution in [3.05, 3.63) is 48.0 Å². The molecule has 1 amide bonds. The quantitative estimate of drug-likeness (QED) is 0.782. The van der Waals surface area contributed by atoms with Gasteiger partial charge in [-0.3, -0.25) is 9.78 Å². The molecule has 2 aromatic heterocycles. The van der Waals surface area contributed by atoms with E-state index in [0.29, 0.717) is 24.6 Å². The Morgan fingerprint density at radius 2 is 1.95 bits per heavy atom. The number of aromatic nitrogens is 3. The van der Waals surface area contributed by atoms with Gasteiger partial charge in [-0.05, 0) is 25.1 Å². The van der Waals surface area contributed by atoms with Crippen LogP contribution in [0.2, 0.25) is 0 Å². The topological polar surface area (TPSA) is 79.8 Å². The summed E-state index contributed by atoms with van der Waals surface area (Å²) in [5.74, 6) is 0.414. The number of aryl methyl sites for hydroxylation is 1.